The number of hydrogen-bond donors (Lipinski definition) is 1. The first kappa shape index (κ1) is 18.3. The standard InChI is InChI=1S/C17H20FN5O2S/c1-3-22(4-2)26(24,25)15-9-10-16-20-21-17(23(16)12-15)19-11-13-5-7-14(18)8-6-13/h5-10,12H,3-4,11H2,1-2H3,(H,19,21). The molecule has 0 aliphatic heterocycles. The highest BCUT2D eigenvalue weighted by molar-refractivity contribution is 7.89. The van der Waals surface area contributed by atoms with Crippen molar-refractivity contribution in [2.24, 2.45) is 0 Å². The van der Waals surface area contributed by atoms with E-state index in [9.17, 15) is 12.8 Å². The quantitative estimate of drug-likeness (QED) is 0.684. The van der Waals surface area contributed by atoms with Gasteiger partial charge in [0, 0.05) is 25.8 Å². The summed E-state index contributed by atoms with van der Waals surface area (Å²) < 4.78 is 41.4. The van der Waals surface area contributed by atoms with Gasteiger partial charge in [0.05, 0.1) is 4.90 Å². The number of sulfonamides is 1. The third-order valence-corrected chi connectivity index (χ3v) is 6.12. The molecule has 1 aromatic carbocycles. The van der Waals surface area contributed by atoms with Crippen molar-refractivity contribution in [1.82, 2.24) is 18.9 Å². The summed E-state index contributed by atoms with van der Waals surface area (Å²) in [5.41, 5.74) is 1.40. The van der Waals surface area contributed by atoms with Gasteiger partial charge in [-0.2, -0.15) is 4.31 Å². The Labute approximate surface area is 151 Å². The Kier molecular flexibility index (Phi) is 5.19. The van der Waals surface area contributed by atoms with E-state index in [1.54, 1.807) is 36.4 Å². The van der Waals surface area contributed by atoms with E-state index >= 15 is 0 Å². The van der Waals surface area contributed by atoms with E-state index in [1.165, 1.54) is 28.7 Å². The van der Waals surface area contributed by atoms with Crippen LogP contribution in [0.4, 0.5) is 10.3 Å². The van der Waals surface area contributed by atoms with E-state index in [0.717, 1.165) is 5.56 Å². The summed E-state index contributed by atoms with van der Waals surface area (Å²) in [6.07, 6.45) is 1.51. The number of fused-ring (bicyclic) bond motifs is 1. The Bertz CT molecular complexity index is 998. The molecule has 1 N–H and O–H groups in total. The van der Waals surface area contributed by atoms with E-state index in [2.05, 4.69) is 15.5 Å². The fourth-order valence-corrected chi connectivity index (χ4v) is 4.10. The molecule has 0 atom stereocenters. The maximum atomic E-state index is 13.0. The smallest absolute Gasteiger partial charge is 0.244 e. The summed E-state index contributed by atoms with van der Waals surface area (Å²) in [6.45, 7) is 4.81. The first-order valence-electron chi connectivity index (χ1n) is 8.29. The van der Waals surface area contributed by atoms with Crippen LogP contribution < -0.4 is 5.32 Å². The van der Waals surface area contributed by atoms with Gasteiger partial charge in [-0.05, 0) is 29.8 Å². The second kappa shape index (κ2) is 7.38. The zero-order chi connectivity index (χ0) is 18.7. The number of aromatic nitrogens is 3. The van der Waals surface area contributed by atoms with Crippen molar-refractivity contribution >= 4 is 21.6 Å². The summed E-state index contributed by atoms with van der Waals surface area (Å²) in [4.78, 5) is 0.179. The van der Waals surface area contributed by atoms with Crippen LogP contribution in [0.25, 0.3) is 5.65 Å². The Morgan fingerprint density at radius 1 is 1.08 bits per heavy atom. The molecule has 0 aliphatic carbocycles. The monoisotopic (exact) mass is 377 g/mol. The molecule has 2 heterocycles. The lowest BCUT2D eigenvalue weighted by Crippen LogP contribution is -2.30. The molecule has 0 saturated heterocycles. The van der Waals surface area contributed by atoms with E-state index in [-0.39, 0.29) is 10.7 Å². The van der Waals surface area contributed by atoms with Gasteiger partial charge in [-0.1, -0.05) is 26.0 Å². The number of hydrogen-bond acceptors (Lipinski definition) is 5. The van der Waals surface area contributed by atoms with Crippen LogP contribution in [0.1, 0.15) is 19.4 Å². The van der Waals surface area contributed by atoms with Gasteiger partial charge in [-0.25, -0.2) is 12.8 Å². The molecule has 2 aromatic heterocycles. The summed E-state index contributed by atoms with van der Waals surface area (Å²) in [6, 6.07) is 9.25. The van der Waals surface area contributed by atoms with Crippen LogP contribution in [-0.4, -0.2) is 40.4 Å². The fraction of sp³-hybridized carbons (Fsp3) is 0.294. The van der Waals surface area contributed by atoms with Gasteiger partial charge >= 0.3 is 0 Å². The highest BCUT2D eigenvalue weighted by Gasteiger charge is 2.22. The van der Waals surface area contributed by atoms with Crippen LogP contribution in [-0.2, 0) is 16.6 Å². The highest BCUT2D eigenvalue weighted by atomic mass is 32.2. The van der Waals surface area contributed by atoms with E-state index in [1.807, 2.05) is 0 Å². The molecule has 3 rings (SSSR count). The minimum absolute atomic E-state index is 0.179. The third-order valence-electron chi connectivity index (χ3n) is 4.08. The van der Waals surface area contributed by atoms with Gasteiger partial charge in [0.2, 0.25) is 16.0 Å². The lowest BCUT2D eigenvalue weighted by atomic mass is 10.2. The molecule has 0 radical (unpaired) electrons. The average molecular weight is 377 g/mol. The van der Waals surface area contributed by atoms with Crippen molar-refractivity contribution in [3.8, 4) is 0 Å². The maximum absolute atomic E-state index is 13.0. The second-order valence-corrected chi connectivity index (χ2v) is 7.62. The minimum Gasteiger partial charge on any atom is -0.350 e. The van der Waals surface area contributed by atoms with Crippen molar-refractivity contribution in [2.45, 2.75) is 25.3 Å². The molecule has 0 aliphatic rings. The van der Waals surface area contributed by atoms with Crippen molar-refractivity contribution in [3.05, 3.63) is 54.0 Å². The van der Waals surface area contributed by atoms with E-state index in [4.69, 9.17) is 0 Å². The van der Waals surface area contributed by atoms with Gasteiger partial charge in [-0.3, -0.25) is 4.40 Å². The molecule has 26 heavy (non-hydrogen) atoms. The largest absolute Gasteiger partial charge is 0.350 e. The molecule has 0 amide bonds. The summed E-state index contributed by atoms with van der Waals surface area (Å²) in [5, 5.41) is 11.2. The summed E-state index contributed by atoms with van der Waals surface area (Å²) in [7, 11) is -3.57. The van der Waals surface area contributed by atoms with Gasteiger partial charge in [0.15, 0.2) is 5.65 Å². The normalized spacial score (nSPS) is 12.0. The van der Waals surface area contributed by atoms with Gasteiger partial charge in [0.25, 0.3) is 0 Å². The maximum Gasteiger partial charge on any atom is 0.244 e. The van der Waals surface area contributed by atoms with Gasteiger partial charge in [0.1, 0.15) is 5.82 Å². The molecule has 0 bridgehead atoms. The van der Waals surface area contributed by atoms with Crippen LogP contribution in [0.15, 0.2) is 47.5 Å². The fourth-order valence-electron chi connectivity index (χ4n) is 2.64. The third kappa shape index (κ3) is 3.54. The number of benzene rings is 1. The Balaban J connectivity index is 1.89. The molecule has 3 aromatic rings. The number of anilines is 1. The predicted octanol–water partition coefficient (Wildman–Crippen LogP) is 2.51. The average Bonchev–Trinajstić information content (AvgIpc) is 3.04. The molecule has 7 nitrogen and oxygen atoms in total. The van der Waals surface area contributed by atoms with Crippen molar-refractivity contribution in [2.75, 3.05) is 18.4 Å². The van der Waals surface area contributed by atoms with Crippen molar-refractivity contribution in [3.63, 3.8) is 0 Å². The number of pyridine rings is 1. The van der Waals surface area contributed by atoms with Crippen LogP contribution in [0, 0.1) is 5.82 Å². The van der Waals surface area contributed by atoms with Crippen LogP contribution >= 0.6 is 0 Å². The lowest BCUT2D eigenvalue weighted by molar-refractivity contribution is 0.445. The molecular weight excluding hydrogens is 357 g/mol. The van der Waals surface area contributed by atoms with Crippen LogP contribution in [0.2, 0.25) is 0 Å². The van der Waals surface area contributed by atoms with Gasteiger partial charge < -0.3 is 5.32 Å². The SMILES string of the molecule is CCN(CC)S(=O)(=O)c1ccc2nnc(NCc3ccc(F)cc3)n2c1. The first-order valence-corrected chi connectivity index (χ1v) is 9.73. The van der Waals surface area contributed by atoms with Gasteiger partial charge in [-0.15, -0.1) is 10.2 Å². The lowest BCUT2D eigenvalue weighted by Gasteiger charge is -2.18. The highest BCUT2D eigenvalue weighted by Crippen LogP contribution is 2.18. The van der Waals surface area contributed by atoms with Crippen molar-refractivity contribution in [1.29, 1.82) is 0 Å². The van der Waals surface area contributed by atoms with Crippen molar-refractivity contribution < 1.29 is 12.8 Å². The zero-order valence-electron chi connectivity index (χ0n) is 14.6. The topological polar surface area (TPSA) is 79.6 Å². The minimum atomic E-state index is -3.57. The second-order valence-electron chi connectivity index (χ2n) is 5.69. The number of nitrogens with one attached hydrogen (secondary N) is 1. The molecule has 0 spiro atoms. The van der Waals surface area contributed by atoms with E-state index < -0.39 is 10.0 Å². The zero-order valence-corrected chi connectivity index (χ0v) is 15.4. The molecular formula is C17H20FN5O2S. The molecule has 0 fully saturated rings. The number of nitrogens with zero attached hydrogens (tertiary/aromatic N) is 4. The molecule has 138 valence electrons. The first-order chi connectivity index (χ1) is 12.5. The predicted molar refractivity (Wildman–Crippen MR) is 96.8 cm³/mol. The Hall–Kier alpha value is -2.52. The van der Waals surface area contributed by atoms with Crippen LogP contribution in [0.5, 0.6) is 0 Å². The summed E-state index contributed by atoms with van der Waals surface area (Å²) in [5.74, 6) is 0.119. The van der Waals surface area contributed by atoms with E-state index in [0.29, 0.717) is 31.2 Å². The number of rotatable bonds is 7. The molecule has 9 heteroatoms. The Morgan fingerprint density at radius 2 is 1.77 bits per heavy atom. The summed E-state index contributed by atoms with van der Waals surface area (Å²) >= 11 is 0. The molecule has 0 unspecified atom stereocenters. The Morgan fingerprint density at radius 3 is 2.42 bits per heavy atom. The molecule has 0 saturated carbocycles. The van der Waals surface area contributed by atoms with Crippen LogP contribution in [0.3, 0.4) is 0 Å². The number of halogens is 1.